The first-order chi connectivity index (χ1) is 16.4. The SMILES string of the molecule is C[C@H](NC(=O)c1nc[nH]c1C(=O)NCC(=O)OCc1ccccc1)C(=O)OCc1ccccc1. The Kier molecular flexibility index (Phi) is 8.50. The lowest BCUT2D eigenvalue weighted by Crippen LogP contribution is -2.40. The van der Waals surface area contributed by atoms with Crippen LogP contribution in [-0.4, -0.2) is 46.3 Å². The van der Waals surface area contributed by atoms with Crippen molar-refractivity contribution in [2.45, 2.75) is 26.2 Å². The summed E-state index contributed by atoms with van der Waals surface area (Å²) < 4.78 is 10.3. The molecule has 10 nitrogen and oxygen atoms in total. The number of amides is 2. The third-order valence-electron chi connectivity index (χ3n) is 4.64. The second-order valence-corrected chi connectivity index (χ2v) is 7.24. The zero-order valence-corrected chi connectivity index (χ0v) is 18.4. The number of H-pyrrole nitrogens is 1. The molecule has 0 saturated heterocycles. The molecule has 0 bridgehead atoms. The Balaban J connectivity index is 1.47. The largest absolute Gasteiger partial charge is 0.460 e. The molecule has 0 unspecified atom stereocenters. The van der Waals surface area contributed by atoms with Gasteiger partial charge in [-0.2, -0.15) is 0 Å². The Bertz CT molecular complexity index is 1130. The van der Waals surface area contributed by atoms with Gasteiger partial charge in [-0.25, -0.2) is 9.78 Å². The molecule has 176 valence electrons. The molecular weight excluding hydrogens is 440 g/mol. The third-order valence-corrected chi connectivity index (χ3v) is 4.64. The van der Waals surface area contributed by atoms with Gasteiger partial charge in [-0.15, -0.1) is 0 Å². The van der Waals surface area contributed by atoms with E-state index >= 15 is 0 Å². The minimum atomic E-state index is -0.975. The quantitative estimate of drug-likeness (QED) is 0.388. The summed E-state index contributed by atoms with van der Waals surface area (Å²) in [7, 11) is 0. The lowest BCUT2D eigenvalue weighted by atomic mass is 10.2. The van der Waals surface area contributed by atoms with E-state index in [2.05, 4.69) is 20.6 Å². The standard InChI is InChI=1S/C24H24N4O6/c1-16(24(32)34-14-18-10-6-3-7-11-18)28-23(31)21-20(26-15-27-21)22(30)25-12-19(29)33-13-17-8-4-2-5-9-17/h2-11,15-16H,12-14H2,1H3,(H,25,30)(H,26,27)(H,28,31)/t16-/m0/s1. The van der Waals surface area contributed by atoms with Crippen LogP contribution in [0.2, 0.25) is 0 Å². The number of aromatic amines is 1. The van der Waals surface area contributed by atoms with Crippen molar-refractivity contribution in [3.63, 3.8) is 0 Å². The Labute approximate surface area is 195 Å². The van der Waals surface area contributed by atoms with Crippen molar-refractivity contribution in [2.24, 2.45) is 0 Å². The molecule has 0 fully saturated rings. The number of imidazole rings is 1. The fraction of sp³-hybridized carbons (Fsp3) is 0.208. The van der Waals surface area contributed by atoms with Crippen LogP contribution >= 0.6 is 0 Å². The van der Waals surface area contributed by atoms with Gasteiger partial charge in [0, 0.05) is 0 Å². The second-order valence-electron chi connectivity index (χ2n) is 7.24. The van der Waals surface area contributed by atoms with Gasteiger partial charge in [0.25, 0.3) is 11.8 Å². The van der Waals surface area contributed by atoms with Crippen LogP contribution in [0.15, 0.2) is 67.0 Å². The molecule has 3 rings (SSSR count). The predicted molar refractivity (Wildman–Crippen MR) is 120 cm³/mol. The highest BCUT2D eigenvalue weighted by Crippen LogP contribution is 2.06. The summed E-state index contributed by atoms with van der Waals surface area (Å²) in [4.78, 5) is 55.5. The van der Waals surface area contributed by atoms with Crippen molar-refractivity contribution in [3.05, 3.63) is 89.5 Å². The number of esters is 2. The maximum Gasteiger partial charge on any atom is 0.328 e. The molecule has 10 heteroatoms. The van der Waals surface area contributed by atoms with Gasteiger partial charge >= 0.3 is 11.9 Å². The number of hydrogen-bond donors (Lipinski definition) is 3. The van der Waals surface area contributed by atoms with Gasteiger partial charge in [0.2, 0.25) is 0 Å². The van der Waals surface area contributed by atoms with Crippen molar-refractivity contribution in [1.82, 2.24) is 20.6 Å². The van der Waals surface area contributed by atoms with E-state index in [4.69, 9.17) is 9.47 Å². The van der Waals surface area contributed by atoms with Gasteiger partial charge in [-0.3, -0.25) is 14.4 Å². The van der Waals surface area contributed by atoms with E-state index in [1.165, 1.54) is 6.92 Å². The minimum Gasteiger partial charge on any atom is -0.460 e. The highest BCUT2D eigenvalue weighted by atomic mass is 16.5. The average molecular weight is 464 g/mol. The summed E-state index contributed by atoms with van der Waals surface area (Å²) >= 11 is 0. The van der Waals surface area contributed by atoms with Gasteiger partial charge < -0.3 is 25.1 Å². The van der Waals surface area contributed by atoms with Gasteiger partial charge in [0.05, 0.1) is 6.33 Å². The van der Waals surface area contributed by atoms with Crippen LogP contribution in [0.3, 0.4) is 0 Å². The zero-order chi connectivity index (χ0) is 24.3. The zero-order valence-electron chi connectivity index (χ0n) is 18.4. The first-order valence-corrected chi connectivity index (χ1v) is 10.5. The summed E-state index contributed by atoms with van der Waals surface area (Å²) in [5, 5.41) is 4.82. The van der Waals surface area contributed by atoms with Crippen molar-refractivity contribution >= 4 is 23.8 Å². The highest BCUT2D eigenvalue weighted by Gasteiger charge is 2.24. The molecule has 3 N–H and O–H groups in total. The molecule has 0 saturated carbocycles. The highest BCUT2D eigenvalue weighted by molar-refractivity contribution is 6.06. The third kappa shape index (κ3) is 7.02. The number of ether oxygens (including phenoxy) is 2. The molecule has 0 spiro atoms. The molecule has 0 aliphatic carbocycles. The van der Waals surface area contributed by atoms with Crippen LogP contribution in [-0.2, 0) is 32.3 Å². The average Bonchev–Trinajstić information content (AvgIpc) is 3.36. The Hall–Kier alpha value is -4.47. The molecule has 3 aromatic rings. The number of carbonyl (C=O) groups is 4. The molecule has 0 radical (unpaired) electrons. The number of carbonyl (C=O) groups excluding carboxylic acids is 4. The van der Waals surface area contributed by atoms with E-state index < -0.39 is 36.3 Å². The van der Waals surface area contributed by atoms with Crippen molar-refractivity contribution in [1.29, 1.82) is 0 Å². The molecule has 0 aliphatic rings. The lowest BCUT2D eigenvalue weighted by molar-refractivity contribution is -0.147. The summed E-state index contributed by atoms with van der Waals surface area (Å²) in [6.45, 7) is 1.20. The van der Waals surface area contributed by atoms with Crippen molar-refractivity contribution in [2.75, 3.05) is 6.54 Å². The van der Waals surface area contributed by atoms with E-state index in [0.717, 1.165) is 17.5 Å². The molecule has 1 heterocycles. The first-order valence-electron chi connectivity index (χ1n) is 10.5. The van der Waals surface area contributed by atoms with Gasteiger partial charge in [-0.05, 0) is 18.1 Å². The number of hydrogen-bond acceptors (Lipinski definition) is 7. The van der Waals surface area contributed by atoms with Crippen molar-refractivity contribution in [3.8, 4) is 0 Å². The summed E-state index contributed by atoms with van der Waals surface area (Å²) in [5.74, 6) is -2.75. The number of benzene rings is 2. The Morgan fingerprint density at radius 3 is 2.09 bits per heavy atom. The monoisotopic (exact) mass is 464 g/mol. The normalized spacial score (nSPS) is 11.2. The molecular formula is C24H24N4O6. The fourth-order valence-electron chi connectivity index (χ4n) is 2.85. The fourth-order valence-corrected chi connectivity index (χ4v) is 2.85. The van der Waals surface area contributed by atoms with E-state index in [1.54, 1.807) is 12.1 Å². The second kappa shape index (κ2) is 12.0. The summed E-state index contributed by atoms with van der Waals surface area (Å²) in [6, 6.07) is 17.2. The number of aromatic nitrogens is 2. The first kappa shape index (κ1) is 24.2. The van der Waals surface area contributed by atoms with E-state index in [0.29, 0.717) is 0 Å². The van der Waals surface area contributed by atoms with Crippen LogP contribution < -0.4 is 10.6 Å². The molecule has 34 heavy (non-hydrogen) atoms. The number of nitrogens with zero attached hydrogens (tertiary/aromatic N) is 1. The van der Waals surface area contributed by atoms with Gasteiger partial charge in [0.15, 0.2) is 5.69 Å². The number of nitrogens with one attached hydrogen (secondary N) is 3. The predicted octanol–water partition coefficient (Wildman–Crippen LogP) is 1.74. The van der Waals surface area contributed by atoms with Crippen LogP contribution in [0.5, 0.6) is 0 Å². The molecule has 2 aromatic carbocycles. The van der Waals surface area contributed by atoms with Crippen LogP contribution in [0.4, 0.5) is 0 Å². The lowest BCUT2D eigenvalue weighted by Gasteiger charge is -2.13. The Morgan fingerprint density at radius 2 is 1.47 bits per heavy atom. The number of rotatable bonds is 10. The summed E-state index contributed by atoms with van der Waals surface area (Å²) in [5.41, 5.74) is 1.24. The van der Waals surface area contributed by atoms with Crippen LogP contribution in [0.25, 0.3) is 0 Å². The maximum atomic E-state index is 12.5. The topological polar surface area (TPSA) is 139 Å². The molecule has 1 atom stereocenters. The van der Waals surface area contributed by atoms with Crippen molar-refractivity contribution < 1.29 is 28.7 Å². The molecule has 1 aromatic heterocycles. The molecule has 2 amide bonds. The Morgan fingerprint density at radius 1 is 0.882 bits per heavy atom. The van der Waals surface area contributed by atoms with Gasteiger partial charge in [-0.1, -0.05) is 60.7 Å². The van der Waals surface area contributed by atoms with Crippen LogP contribution in [0, 0.1) is 0 Å². The van der Waals surface area contributed by atoms with E-state index in [1.807, 2.05) is 48.5 Å². The minimum absolute atomic E-state index is 0.0658. The van der Waals surface area contributed by atoms with E-state index in [-0.39, 0.29) is 24.6 Å². The van der Waals surface area contributed by atoms with Crippen LogP contribution in [0.1, 0.15) is 39.0 Å². The molecule has 0 aliphatic heterocycles. The smallest absolute Gasteiger partial charge is 0.328 e. The van der Waals surface area contributed by atoms with E-state index in [9.17, 15) is 19.2 Å². The summed E-state index contributed by atoms with van der Waals surface area (Å²) in [6.07, 6.45) is 1.16. The maximum absolute atomic E-state index is 12.5. The van der Waals surface area contributed by atoms with Gasteiger partial charge in [0.1, 0.15) is 31.5 Å².